The van der Waals surface area contributed by atoms with Gasteiger partial charge in [-0.05, 0) is 25.0 Å². The highest BCUT2D eigenvalue weighted by atomic mass is 32.1. The summed E-state index contributed by atoms with van der Waals surface area (Å²) < 4.78 is 5.68. The van der Waals surface area contributed by atoms with Crippen LogP contribution in [0, 0.1) is 12.8 Å². The van der Waals surface area contributed by atoms with Crippen LogP contribution in [0.1, 0.15) is 36.2 Å². The maximum atomic E-state index is 12.5. The Balaban J connectivity index is 1.38. The molecule has 146 valence electrons. The number of benzene rings is 1. The molecule has 4 rings (SSSR count). The van der Waals surface area contributed by atoms with Crippen molar-refractivity contribution in [2.75, 3.05) is 11.4 Å². The zero-order chi connectivity index (χ0) is 19.7. The molecule has 2 aromatic heterocycles. The fraction of sp³-hybridized carbons (Fsp3) is 0.421. The highest BCUT2D eigenvalue weighted by Gasteiger charge is 2.36. The number of anilines is 1. The molecule has 0 bridgehead atoms. The van der Waals surface area contributed by atoms with E-state index in [9.17, 15) is 9.59 Å². The Kier molecular flexibility index (Phi) is 5.08. The fourth-order valence-electron chi connectivity index (χ4n) is 3.25. The first kappa shape index (κ1) is 18.5. The second-order valence-corrected chi connectivity index (χ2v) is 7.92. The van der Waals surface area contributed by atoms with Crippen LogP contribution in [0.25, 0.3) is 11.1 Å². The smallest absolute Gasteiger partial charge is 0.229 e. The third-order valence-corrected chi connectivity index (χ3v) is 5.73. The number of fused-ring (bicyclic) bond motifs is 1. The van der Waals surface area contributed by atoms with Crippen LogP contribution in [-0.2, 0) is 22.6 Å². The van der Waals surface area contributed by atoms with Crippen LogP contribution < -0.4 is 10.2 Å². The molecule has 9 heteroatoms. The van der Waals surface area contributed by atoms with Crippen molar-refractivity contribution in [2.24, 2.45) is 5.92 Å². The minimum atomic E-state index is -0.419. The molecule has 2 amide bonds. The Labute approximate surface area is 166 Å². The summed E-state index contributed by atoms with van der Waals surface area (Å²) in [7, 11) is 0. The van der Waals surface area contributed by atoms with Crippen molar-refractivity contribution in [1.82, 2.24) is 20.5 Å². The molecule has 8 nitrogen and oxygen atoms in total. The Morgan fingerprint density at radius 2 is 2.25 bits per heavy atom. The number of carbonyl (C=O) groups excluding carboxylic acids is 2. The molecule has 28 heavy (non-hydrogen) atoms. The first-order chi connectivity index (χ1) is 13.5. The minimum Gasteiger partial charge on any atom is -0.439 e. The van der Waals surface area contributed by atoms with Gasteiger partial charge in [-0.2, -0.15) is 0 Å². The number of oxazole rings is 1. The van der Waals surface area contributed by atoms with Gasteiger partial charge in [-0.25, -0.2) is 4.98 Å². The molecule has 1 unspecified atom stereocenters. The number of aryl methyl sites for hydroxylation is 2. The van der Waals surface area contributed by atoms with E-state index in [1.54, 1.807) is 4.90 Å². The number of para-hydroxylation sites is 1. The van der Waals surface area contributed by atoms with E-state index in [-0.39, 0.29) is 24.8 Å². The molecule has 1 atom stereocenters. The number of aromatic nitrogens is 3. The highest BCUT2D eigenvalue weighted by molar-refractivity contribution is 7.15. The van der Waals surface area contributed by atoms with Gasteiger partial charge in [0.2, 0.25) is 22.8 Å². The van der Waals surface area contributed by atoms with Gasteiger partial charge in [-0.3, -0.25) is 14.5 Å². The van der Waals surface area contributed by atoms with E-state index in [0.29, 0.717) is 23.2 Å². The number of amides is 2. The maximum Gasteiger partial charge on any atom is 0.229 e. The molecule has 1 saturated heterocycles. The largest absolute Gasteiger partial charge is 0.439 e. The molecule has 1 aliphatic rings. The van der Waals surface area contributed by atoms with Crippen LogP contribution in [0.5, 0.6) is 0 Å². The van der Waals surface area contributed by atoms with E-state index >= 15 is 0 Å². The summed E-state index contributed by atoms with van der Waals surface area (Å²) in [6.45, 7) is 4.54. The third kappa shape index (κ3) is 3.62. The first-order valence-electron chi connectivity index (χ1n) is 9.30. The Hall–Kier alpha value is -2.81. The second kappa shape index (κ2) is 7.67. The SMILES string of the molecule is CCCc1nnc(N2CC(C(=O)NCc3nc4c(C)cccc4o3)CC2=O)s1. The van der Waals surface area contributed by atoms with Crippen molar-refractivity contribution in [2.45, 2.75) is 39.7 Å². The second-order valence-electron chi connectivity index (χ2n) is 6.88. The molecule has 1 aliphatic heterocycles. The number of rotatable bonds is 6. The van der Waals surface area contributed by atoms with Crippen LogP contribution in [0.4, 0.5) is 5.13 Å². The van der Waals surface area contributed by atoms with Gasteiger partial charge < -0.3 is 9.73 Å². The Morgan fingerprint density at radius 1 is 1.39 bits per heavy atom. The summed E-state index contributed by atoms with van der Waals surface area (Å²) in [6, 6.07) is 5.72. The van der Waals surface area contributed by atoms with E-state index in [1.807, 2.05) is 25.1 Å². The molecule has 1 fully saturated rings. The van der Waals surface area contributed by atoms with Gasteiger partial charge in [0.1, 0.15) is 10.5 Å². The Morgan fingerprint density at radius 3 is 3.04 bits per heavy atom. The number of carbonyl (C=O) groups is 2. The van der Waals surface area contributed by atoms with Gasteiger partial charge in [0.15, 0.2) is 5.58 Å². The van der Waals surface area contributed by atoms with E-state index in [4.69, 9.17) is 4.42 Å². The molecule has 3 aromatic rings. The summed E-state index contributed by atoms with van der Waals surface area (Å²) in [4.78, 5) is 30.9. The van der Waals surface area contributed by atoms with Crippen molar-refractivity contribution in [3.8, 4) is 0 Å². The van der Waals surface area contributed by atoms with Gasteiger partial charge in [-0.15, -0.1) is 10.2 Å². The summed E-state index contributed by atoms with van der Waals surface area (Å²) in [5.74, 6) is -0.255. The topological polar surface area (TPSA) is 101 Å². The van der Waals surface area contributed by atoms with Gasteiger partial charge >= 0.3 is 0 Å². The van der Waals surface area contributed by atoms with E-state index in [2.05, 4.69) is 27.4 Å². The van der Waals surface area contributed by atoms with Gasteiger partial charge in [0, 0.05) is 19.4 Å². The standard InChI is InChI=1S/C19H21N5O3S/c1-3-5-15-22-23-19(28-15)24-10-12(8-16(24)25)18(26)20-9-14-21-17-11(2)6-4-7-13(17)27-14/h4,6-7,12H,3,5,8-10H2,1-2H3,(H,20,26). The lowest BCUT2D eigenvalue weighted by Crippen LogP contribution is -2.32. The molecular formula is C19H21N5O3S. The lowest BCUT2D eigenvalue weighted by molar-refractivity contribution is -0.126. The Bertz CT molecular complexity index is 1030. The van der Waals surface area contributed by atoms with Crippen molar-refractivity contribution >= 4 is 39.4 Å². The number of nitrogens with zero attached hydrogens (tertiary/aromatic N) is 4. The molecule has 0 saturated carbocycles. The van der Waals surface area contributed by atoms with Crippen LogP contribution in [-0.4, -0.2) is 33.5 Å². The van der Waals surface area contributed by atoms with Gasteiger partial charge in [-0.1, -0.05) is 30.4 Å². The monoisotopic (exact) mass is 399 g/mol. The van der Waals surface area contributed by atoms with Gasteiger partial charge in [0.25, 0.3) is 0 Å². The number of hydrogen-bond acceptors (Lipinski definition) is 7. The van der Waals surface area contributed by atoms with Gasteiger partial charge in [0.05, 0.1) is 12.5 Å². The highest BCUT2D eigenvalue weighted by Crippen LogP contribution is 2.28. The van der Waals surface area contributed by atoms with E-state index < -0.39 is 5.92 Å². The average Bonchev–Trinajstić information content (AvgIpc) is 3.38. The fourth-order valence-corrected chi connectivity index (χ4v) is 4.22. The molecule has 0 radical (unpaired) electrons. The first-order valence-corrected chi connectivity index (χ1v) is 10.1. The molecule has 1 N–H and O–H groups in total. The van der Waals surface area contributed by atoms with E-state index in [0.717, 1.165) is 28.9 Å². The lowest BCUT2D eigenvalue weighted by atomic mass is 10.1. The lowest BCUT2D eigenvalue weighted by Gasteiger charge is -2.12. The van der Waals surface area contributed by atoms with Crippen molar-refractivity contribution in [1.29, 1.82) is 0 Å². The minimum absolute atomic E-state index is 0.100. The summed E-state index contributed by atoms with van der Waals surface area (Å²) in [5.41, 5.74) is 2.52. The predicted octanol–water partition coefficient (Wildman–Crippen LogP) is 2.61. The zero-order valence-electron chi connectivity index (χ0n) is 15.8. The normalized spacial score (nSPS) is 16.9. The molecular weight excluding hydrogens is 378 g/mol. The predicted molar refractivity (Wildman–Crippen MR) is 105 cm³/mol. The average molecular weight is 399 g/mol. The number of nitrogens with one attached hydrogen (secondary N) is 1. The van der Waals surface area contributed by atoms with E-state index in [1.165, 1.54) is 11.3 Å². The molecule has 0 spiro atoms. The van der Waals surface area contributed by atoms with Crippen LogP contribution >= 0.6 is 11.3 Å². The summed E-state index contributed by atoms with van der Waals surface area (Å²) in [6.07, 6.45) is 1.98. The van der Waals surface area contributed by atoms with Crippen molar-refractivity contribution in [3.05, 3.63) is 34.7 Å². The molecule has 0 aliphatic carbocycles. The molecule has 3 heterocycles. The summed E-state index contributed by atoms with van der Waals surface area (Å²) in [5, 5.41) is 12.5. The van der Waals surface area contributed by atoms with Crippen molar-refractivity contribution in [3.63, 3.8) is 0 Å². The quantitative estimate of drug-likeness (QED) is 0.684. The summed E-state index contributed by atoms with van der Waals surface area (Å²) >= 11 is 1.41. The molecule has 1 aromatic carbocycles. The zero-order valence-corrected chi connectivity index (χ0v) is 16.6. The van der Waals surface area contributed by atoms with Crippen LogP contribution in [0.15, 0.2) is 22.6 Å². The van der Waals surface area contributed by atoms with Crippen LogP contribution in [0.2, 0.25) is 0 Å². The third-order valence-electron chi connectivity index (χ3n) is 4.73. The maximum absolute atomic E-state index is 12.5. The van der Waals surface area contributed by atoms with Crippen molar-refractivity contribution < 1.29 is 14.0 Å². The number of hydrogen-bond donors (Lipinski definition) is 1. The van der Waals surface area contributed by atoms with Crippen LogP contribution in [0.3, 0.4) is 0 Å².